The molecule has 1 aromatic carbocycles. The summed E-state index contributed by atoms with van der Waals surface area (Å²) in [6.07, 6.45) is 4.13. The Morgan fingerprint density at radius 3 is 2.42 bits per heavy atom. The fraction of sp³-hybridized carbons (Fsp3) is 0.333. The zero-order valence-electron chi connectivity index (χ0n) is 10.6. The van der Waals surface area contributed by atoms with Crippen molar-refractivity contribution in [1.82, 2.24) is 0 Å². The lowest BCUT2D eigenvalue weighted by molar-refractivity contribution is -0.139. The summed E-state index contributed by atoms with van der Waals surface area (Å²) in [5, 5.41) is 0.547. The van der Waals surface area contributed by atoms with E-state index in [-0.39, 0.29) is 40.6 Å². The van der Waals surface area contributed by atoms with E-state index in [0.717, 1.165) is 5.75 Å². The highest BCUT2D eigenvalue weighted by Crippen LogP contribution is 2.10. The van der Waals surface area contributed by atoms with E-state index in [0.29, 0.717) is 17.2 Å². The van der Waals surface area contributed by atoms with Gasteiger partial charge in [-0.2, -0.15) is 4.79 Å². The van der Waals surface area contributed by atoms with Gasteiger partial charge in [-0.05, 0) is 35.2 Å². The Bertz CT molecular complexity index is 473. The van der Waals surface area contributed by atoms with Gasteiger partial charge in [0.2, 0.25) is 0 Å². The molecule has 7 heteroatoms. The zero-order chi connectivity index (χ0) is 13.5. The third kappa shape index (κ3) is 6.42. The van der Waals surface area contributed by atoms with E-state index in [9.17, 15) is 4.79 Å². The smallest absolute Gasteiger partial charge is 0.422 e. The average Bonchev–Trinajstić information content (AvgIpc) is 2.32. The summed E-state index contributed by atoms with van der Waals surface area (Å²) in [6.45, 7) is 0.321. The van der Waals surface area contributed by atoms with Crippen LogP contribution in [0.3, 0.4) is 0 Å². The summed E-state index contributed by atoms with van der Waals surface area (Å²) in [4.78, 5) is 14.7. The summed E-state index contributed by atoms with van der Waals surface area (Å²) in [5.41, 5.74) is 9.24. The first kappa shape index (κ1) is 18.4. The molecule has 0 aliphatic heterocycles. The fourth-order valence-corrected chi connectivity index (χ4v) is 1.74. The average molecular weight is 413 g/mol. The quantitative estimate of drug-likeness (QED) is 0.152. The van der Waals surface area contributed by atoms with Gasteiger partial charge in [0.25, 0.3) is 0 Å². The molecule has 0 saturated carbocycles. The van der Waals surface area contributed by atoms with Crippen molar-refractivity contribution < 1.29 is 38.3 Å². The molecule has 19 heavy (non-hydrogen) atoms. The minimum Gasteiger partial charge on any atom is -1.00 e. The van der Waals surface area contributed by atoms with Crippen molar-refractivity contribution in [3.8, 4) is 0 Å². The van der Waals surface area contributed by atoms with Crippen molar-refractivity contribution >= 4 is 34.2 Å². The molecule has 0 saturated heterocycles. The van der Waals surface area contributed by atoms with Crippen LogP contribution in [-0.2, 0) is 20.4 Å². The van der Waals surface area contributed by atoms with Crippen molar-refractivity contribution in [2.75, 3.05) is 24.9 Å². The zero-order valence-corrected chi connectivity index (χ0v) is 14.3. The van der Waals surface area contributed by atoms with Crippen LogP contribution in [0.2, 0.25) is 5.02 Å². The van der Waals surface area contributed by atoms with Gasteiger partial charge in [0, 0.05) is 5.02 Å². The van der Waals surface area contributed by atoms with Crippen LogP contribution in [0, 0.1) is 0 Å². The Kier molecular flexibility index (Phi) is 9.08. The number of rotatable bonds is 5. The first-order valence-corrected chi connectivity index (χ1v) is 7.82. The van der Waals surface area contributed by atoms with Crippen molar-refractivity contribution in [2.24, 2.45) is 0 Å². The third-order valence-electron chi connectivity index (χ3n) is 2.14. The number of ether oxygens (including phenoxy) is 1. The van der Waals surface area contributed by atoms with Crippen LogP contribution in [-0.4, -0.2) is 41.3 Å². The monoisotopic (exact) mass is 412 g/mol. The molecule has 0 aliphatic carbocycles. The molecule has 0 fully saturated rings. The van der Waals surface area contributed by atoms with Gasteiger partial charge in [-0.15, -0.1) is 0 Å². The number of esters is 1. The van der Waals surface area contributed by atoms with Gasteiger partial charge in [-0.25, -0.2) is 4.79 Å². The summed E-state index contributed by atoms with van der Waals surface area (Å²) in [7, 11) is 0.208. The minimum absolute atomic E-state index is 0. The number of hydrogen-bond acceptors (Lipinski definition) is 2. The number of carbonyl (C=O) groups excluding carboxylic acids is 1. The van der Waals surface area contributed by atoms with E-state index in [1.807, 2.05) is 0 Å². The normalized spacial score (nSPS) is 9.47. The Hall–Kier alpha value is -0.560. The number of halogens is 2. The Morgan fingerprint density at radius 2 is 1.95 bits per heavy atom. The maximum absolute atomic E-state index is 11.7. The second kappa shape index (κ2) is 9.36. The van der Waals surface area contributed by atoms with Gasteiger partial charge in [0.15, 0.2) is 0 Å². The van der Waals surface area contributed by atoms with Crippen molar-refractivity contribution in [1.29, 1.82) is 0 Å². The maximum Gasteiger partial charge on any atom is 0.422 e. The molecule has 1 aromatic rings. The van der Waals surface area contributed by atoms with E-state index >= 15 is 0 Å². The molecule has 1 rings (SSSR count). The van der Waals surface area contributed by atoms with Crippen LogP contribution in [0.25, 0.3) is 5.53 Å². The molecule has 0 N–H and O–H groups in total. The highest BCUT2D eigenvalue weighted by molar-refractivity contribution is 7.95. The second-order valence-electron chi connectivity index (χ2n) is 3.78. The largest absolute Gasteiger partial charge is 1.00 e. The second-order valence-corrected chi connectivity index (χ2v) is 6.60. The Labute approximate surface area is 137 Å². The Morgan fingerprint density at radius 1 is 1.37 bits per heavy atom. The van der Waals surface area contributed by atoms with Crippen molar-refractivity contribution in [3.63, 3.8) is 0 Å². The number of nitrogens with zero attached hydrogens (tertiary/aromatic N) is 2. The van der Waals surface area contributed by atoms with Crippen LogP contribution in [0.1, 0.15) is 5.56 Å². The van der Waals surface area contributed by atoms with Gasteiger partial charge in [-0.3, -0.25) is 0 Å². The molecular formula is C12H14ClIN2O2S. The molecule has 4 nitrogen and oxygen atoms in total. The molecule has 0 amide bonds. The molecule has 0 aromatic heterocycles. The number of carbonyl (C=O) groups is 1. The maximum atomic E-state index is 11.7. The molecule has 0 spiro atoms. The number of hydrogen-bond donors (Lipinski definition) is 0. The SMILES string of the molecule is C[S+](C)CCOC(=O)C(=[N+]=[N-])c1ccc(Cl)cc1.[I-]. The van der Waals surface area contributed by atoms with Gasteiger partial charge in [-0.1, -0.05) is 11.6 Å². The molecule has 0 aliphatic rings. The third-order valence-corrected chi connectivity index (χ3v) is 3.37. The highest BCUT2D eigenvalue weighted by atomic mass is 127. The minimum atomic E-state index is -0.634. The predicted molar refractivity (Wildman–Crippen MR) is 74.2 cm³/mol. The summed E-state index contributed by atoms with van der Waals surface area (Å²) in [5.74, 6) is 0.163. The van der Waals surface area contributed by atoms with E-state index < -0.39 is 5.97 Å². The highest BCUT2D eigenvalue weighted by Gasteiger charge is 2.24. The van der Waals surface area contributed by atoms with Gasteiger partial charge < -0.3 is 34.2 Å². The van der Waals surface area contributed by atoms with Gasteiger partial charge in [0.1, 0.15) is 12.4 Å². The lowest BCUT2D eigenvalue weighted by Crippen LogP contribution is -3.00. The van der Waals surface area contributed by atoms with E-state index in [1.54, 1.807) is 24.3 Å². The van der Waals surface area contributed by atoms with Crippen molar-refractivity contribution in [2.45, 2.75) is 0 Å². The fourth-order valence-electron chi connectivity index (χ4n) is 1.19. The molecule has 104 valence electrons. The Balaban J connectivity index is 0.00000324. The summed E-state index contributed by atoms with van der Waals surface area (Å²) >= 11 is 5.74. The standard InChI is InChI=1S/C12H14ClN2O2S.HI/c1-18(2)8-7-17-12(16)11(15-14)9-3-5-10(13)6-4-9;/h3-6H,7-8H2,1-2H3;1H/q+1;/p-1. The summed E-state index contributed by atoms with van der Waals surface area (Å²) in [6, 6.07) is 6.43. The molecule has 0 radical (unpaired) electrons. The lowest BCUT2D eigenvalue weighted by atomic mass is 10.1. The van der Waals surface area contributed by atoms with Gasteiger partial charge >= 0.3 is 11.7 Å². The van der Waals surface area contributed by atoms with Crippen LogP contribution in [0.4, 0.5) is 0 Å². The molecule has 0 bridgehead atoms. The molecule has 0 heterocycles. The van der Waals surface area contributed by atoms with Crippen molar-refractivity contribution in [3.05, 3.63) is 40.4 Å². The first-order chi connectivity index (χ1) is 8.54. The molecular weight excluding hydrogens is 399 g/mol. The van der Waals surface area contributed by atoms with Crippen LogP contribution < -0.4 is 24.0 Å². The molecule has 0 atom stereocenters. The van der Waals surface area contributed by atoms with Crippen LogP contribution in [0.15, 0.2) is 24.3 Å². The van der Waals surface area contributed by atoms with Gasteiger partial charge in [0.05, 0.1) is 18.1 Å². The predicted octanol–water partition coefficient (Wildman–Crippen LogP) is -1.22. The summed E-state index contributed by atoms with van der Waals surface area (Å²) < 4.78 is 5.03. The van der Waals surface area contributed by atoms with E-state index in [2.05, 4.69) is 17.3 Å². The topological polar surface area (TPSA) is 62.7 Å². The van der Waals surface area contributed by atoms with E-state index in [1.165, 1.54) is 0 Å². The first-order valence-electron chi connectivity index (χ1n) is 5.24. The van der Waals surface area contributed by atoms with Crippen LogP contribution in [0.5, 0.6) is 0 Å². The lowest BCUT2D eigenvalue weighted by Gasteiger charge is -2.00. The van der Waals surface area contributed by atoms with E-state index in [4.69, 9.17) is 21.9 Å². The molecule has 0 unspecified atom stereocenters. The number of benzene rings is 1. The van der Waals surface area contributed by atoms with Crippen LogP contribution >= 0.6 is 11.6 Å².